The summed E-state index contributed by atoms with van der Waals surface area (Å²) in [5.74, 6) is 0.240. The third kappa shape index (κ3) is 2.76. The van der Waals surface area contributed by atoms with Crippen molar-refractivity contribution in [2.75, 3.05) is 11.6 Å². The third-order valence-electron chi connectivity index (χ3n) is 4.39. The number of thioether (sulfide) groups is 1. The molecule has 0 radical (unpaired) electrons. The fourth-order valence-corrected chi connectivity index (χ4v) is 4.73. The fraction of sp³-hybridized carbons (Fsp3) is 0.150. The molecule has 4 rings (SSSR count). The summed E-state index contributed by atoms with van der Waals surface area (Å²) in [7, 11) is 0. The summed E-state index contributed by atoms with van der Waals surface area (Å²) in [6.45, 7) is 0. The number of hydrogen-bond acceptors (Lipinski definition) is 3. The van der Waals surface area contributed by atoms with Crippen LogP contribution in [0.25, 0.3) is 11.1 Å². The van der Waals surface area contributed by atoms with Gasteiger partial charge in [0.2, 0.25) is 5.91 Å². The number of amides is 1. The fourth-order valence-electron chi connectivity index (χ4n) is 3.16. The third-order valence-corrected chi connectivity index (χ3v) is 6.23. The first-order valence-corrected chi connectivity index (χ1v) is 9.97. The van der Waals surface area contributed by atoms with E-state index >= 15 is 0 Å². The number of fused-ring (bicyclic) bond motifs is 1. The highest BCUT2D eigenvalue weighted by atomic mass is 32.2. The lowest BCUT2D eigenvalue weighted by atomic mass is 9.89. The quantitative estimate of drug-likeness (QED) is 0.621. The highest BCUT2D eigenvalue weighted by molar-refractivity contribution is 7.98. The van der Waals surface area contributed by atoms with E-state index in [-0.39, 0.29) is 11.8 Å². The van der Waals surface area contributed by atoms with Gasteiger partial charge in [0.1, 0.15) is 0 Å². The average molecular weight is 351 g/mol. The molecule has 1 amide bonds. The van der Waals surface area contributed by atoms with E-state index in [1.807, 2.05) is 18.2 Å². The van der Waals surface area contributed by atoms with Crippen LogP contribution in [-0.4, -0.2) is 12.2 Å². The molecule has 0 fully saturated rings. The molecule has 0 bridgehead atoms. The maximum Gasteiger partial charge on any atom is 0.225 e. The summed E-state index contributed by atoms with van der Waals surface area (Å²) in [6, 6.07) is 18.8. The van der Waals surface area contributed by atoms with Crippen molar-refractivity contribution in [2.45, 2.75) is 17.2 Å². The first-order chi connectivity index (χ1) is 11.8. The minimum atomic E-state index is 0.0945. The van der Waals surface area contributed by atoms with E-state index in [0.29, 0.717) is 6.42 Å². The summed E-state index contributed by atoms with van der Waals surface area (Å²) in [6.07, 6.45) is 2.59. The molecule has 1 unspecified atom stereocenters. The minimum Gasteiger partial charge on any atom is -0.325 e. The van der Waals surface area contributed by atoms with Crippen LogP contribution >= 0.6 is 23.1 Å². The van der Waals surface area contributed by atoms with Crippen molar-refractivity contribution < 1.29 is 4.79 Å². The normalized spacial score (nSPS) is 16.5. The molecule has 4 heteroatoms. The summed E-state index contributed by atoms with van der Waals surface area (Å²) in [5, 5.41) is 5.26. The van der Waals surface area contributed by atoms with E-state index in [0.717, 1.165) is 16.8 Å². The molecular formula is C20H17NOS2. The monoisotopic (exact) mass is 351 g/mol. The van der Waals surface area contributed by atoms with Crippen LogP contribution in [0.4, 0.5) is 5.69 Å². The maximum atomic E-state index is 12.3. The largest absolute Gasteiger partial charge is 0.325 e. The zero-order valence-corrected chi connectivity index (χ0v) is 14.9. The van der Waals surface area contributed by atoms with Crippen molar-refractivity contribution in [2.24, 2.45) is 0 Å². The highest BCUT2D eigenvalue weighted by Crippen LogP contribution is 2.46. The minimum absolute atomic E-state index is 0.0945. The second kappa shape index (κ2) is 6.46. The van der Waals surface area contributed by atoms with Crippen molar-refractivity contribution in [1.29, 1.82) is 0 Å². The number of benzene rings is 2. The van der Waals surface area contributed by atoms with E-state index in [9.17, 15) is 4.79 Å². The number of carbonyl (C=O) groups excluding carboxylic acids is 1. The van der Waals surface area contributed by atoms with Crippen LogP contribution in [0.3, 0.4) is 0 Å². The summed E-state index contributed by atoms with van der Waals surface area (Å²) in [5.41, 5.74) is 4.47. The average Bonchev–Trinajstić information content (AvgIpc) is 3.05. The van der Waals surface area contributed by atoms with Gasteiger partial charge in [-0.15, -0.1) is 23.1 Å². The van der Waals surface area contributed by atoms with Crippen LogP contribution in [0.1, 0.15) is 22.8 Å². The van der Waals surface area contributed by atoms with Gasteiger partial charge in [-0.2, -0.15) is 0 Å². The van der Waals surface area contributed by atoms with Gasteiger partial charge in [-0.3, -0.25) is 4.79 Å². The Labute approximate surface area is 149 Å². The Kier molecular flexibility index (Phi) is 4.17. The number of anilines is 1. The summed E-state index contributed by atoms with van der Waals surface area (Å²) < 4.78 is 0. The van der Waals surface area contributed by atoms with Gasteiger partial charge in [0, 0.05) is 33.1 Å². The van der Waals surface area contributed by atoms with Crippen molar-refractivity contribution >= 4 is 34.7 Å². The van der Waals surface area contributed by atoms with E-state index in [4.69, 9.17) is 0 Å². The Bertz CT molecular complexity index is 868. The van der Waals surface area contributed by atoms with Gasteiger partial charge in [-0.25, -0.2) is 0 Å². The second-order valence-corrected chi connectivity index (χ2v) is 7.62. The van der Waals surface area contributed by atoms with Gasteiger partial charge in [-0.05, 0) is 29.5 Å². The Morgan fingerprint density at radius 2 is 1.83 bits per heavy atom. The van der Waals surface area contributed by atoms with Gasteiger partial charge < -0.3 is 5.32 Å². The number of carbonyl (C=O) groups is 1. The molecule has 1 N–H and O–H groups in total. The topological polar surface area (TPSA) is 29.1 Å². The second-order valence-electron chi connectivity index (χ2n) is 5.83. The lowest BCUT2D eigenvalue weighted by Gasteiger charge is -2.24. The summed E-state index contributed by atoms with van der Waals surface area (Å²) in [4.78, 5) is 14.8. The first kappa shape index (κ1) is 15.5. The zero-order chi connectivity index (χ0) is 16.5. The molecule has 1 aliphatic rings. The molecule has 1 aliphatic heterocycles. The molecule has 0 saturated heterocycles. The molecule has 120 valence electrons. The molecular weight excluding hydrogens is 334 g/mol. The van der Waals surface area contributed by atoms with Crippen LogP contribution in [0.15, 0.2) is 64.9 Å². The molecule has 2 aromatic carbocycles. The lowest BCUT2D eigenvalue weighted by Crippen LogP contribution is -2.22. The smallest absolute Gasteiger partial charge is 0.225 e. The Morgan fingerprint density at radius 3 is 2.54 bits per heavy atom. The molecule has 3 aromatic rings. The van der Waals surface area contributed by atoms with Crippen LogP contribution < -0.4 is 5.32 Å². The predicted octanol–water partition coefficient (Wildman–Crippen LogP) is 5.61. The Balaban J connectivity index is 1.78. The maximum absolute atomic E-state index is 12.3. The molecule has 1 aromatic heterocycles. The lowest BCUT2D eigenvalue weighted by molar-refractivity contribution is -0.116. The number of hydrogen-bond donors (Lipinski definition) is 1. The van der Waals surface area contributed by atoms with Gasteiger partial charge in [0.15, 0.2) is 0 Å². The van der Waals surface area contributed by atoms with E-state index in [1.165, 1.54) is 15.3 Å². The number of nitrogens with one attached hydrogen (secondary N) is 1. The van der Waals surface area contributed by atoms with Crippen molar-refractivity contribution in [3.8, 4) is 11.1 Å². The number of thiophene rings is 1. The molecule has 24 heavy (non-hydrogen) atoms. The van der Waals surface area contributed by atoms with Crippen LogP contribution in [0.5, 0.6) is 0 Å². The molecule has 2 nitrogen and oxygen atoms in total. The van der Waals surface area contributed by atoms with Crippen molar-refractivity contribution in [3.05, 3.63) is 70.4 Å². The Morgan fingerprint density at radius 1 is 1.08 bits per heavy atom. The SMILES string of the molecule is CSc1ccc(C2CC(=O)Nc3c(-c4ccccc4)csc32)cc1. The molecule has 0 saturated carbocycles. The first-order valence-electron chi connectivity index (χ1n) is 7.87. The zero-order valence-electron chi connectivity index (χ0n) is 13.3. The molecule has 1 atom stereocenters. The predicted molar refractivity (Wildman–Crippen MR) is 103 cm³/mol. The van der Waals surface area contributed by atoms with Gasteiger partial charge in [0.25, 0.3) is 0 Å². The van der Waals surface area contributed by atoms with E-state index in [2.05, 4.69) is 53.4 Å². The molecule has 0 aliphatic carbocycles. The van der Waals surface area contributed by atoms with Crippen LogP contribution in [-0.2, 0) is 4.79 Å². The number of rotatable bonds is 3. The van der Waals surface area contributed by atoms with Crippen molar-refractivity contribution in [3.63, 3.8) is 0 Å². The van der Waals surface area contributed by atoms with E-state index < -0.39 is 0 Å². The highest BCUT2D eigenvalue weighted by Gasteiger charge is 2.30. The Hall–Kier alpha value is -2.04. The summed E-state index contributed by atoms with van der Waals surface area (Å²) >= 11 is 3.48. The van der Waals surface area contributed by atoms with Gasteiger partial charge >= 0.3 is 0 Å². The van der Waals surface area contributed by atoms with Crippen molar-refractivity contribution in [1.82, 2.24) is 0 Å². The molecule has 0 spiro atoms. The van der Waals surface area contributed by atoms with Gasteiger partial charge in [-0.1, -0.05) is 42.5 Å². The van der Waals surface area contributed by atoms with Gasteiger partial charge in [0.05, 0.1) is 5.69 Å². The molecule has 2 heterocycles. The van der Waals surface area contributed by atoms with Crippen LogP contribution in [0, 0.1) is 0 Å². The van der Waals surface area contributed by atoms with E-state index in [1.54, 1.807) is 23.1 Å². The standard InChI is InChI=1S/C20H17NOS2/c1-23-15-9-7-14(8-10-15)16-11-18(22)21-19-17(12-24-20(16)19)13-5-3-2-4-6-13/h2-10,12,16H,11H2,1H3,(H,21,22). The van der Waals surface area contributed by atoms with Crippen LogP contribution in [0.2, 0.25) is 0 Å².